The summed E-state index contributed by atoms with van der Waals surface area (Å²) in [6.07, 6.45) is 0. The summed E-state index contributed by atoms with van der Waals surface area (Å²) in [5.41, 5.74) is -0.0245. The molecule has 4 heteroatoms. The molecule has 0 saturated heterocycles. The first kappa shape index (κ1) is 9.92. The quantitative estimate of drug-likeness (QED) is 0.442. The minimum Gasteiger partial charge on any atom is -0.294 e. The molecule has 0 bridgehead atoms. The Labute approximate surface area is 88.1 Å². The van der Waals surface area contributed by atoms with E-state index in [1.54, 1.807) is 0 Å². The Morgan fingerprint density at radius 2 is 2.17 bits per heavy atom. The van der Waals surface area contributed by atoms with Gasteiger partial charge in [0, 0.05) is 3.57 Å². The topological polar surface area (TPSA) is 17.1 Å². The second-order valence-corrected chi connectivity index (χ2v) is 3.84. The van der Waals surface area contributed by atoms with Crippen LogP contribution in [-0.4, -0.2) is 5.78 Å². The first-order chi connectivity index (χ1) is 5.54. The lowest BCUT2D eigenvalue weighted by Gasteiger charge is -2.02. The molecule has 12 heavy (non-hydrogen) atoms. The van der Waals surface area contributed by atoms with E-state index in [1.165, 1.54) is 19.1 Å². The van der Waals surface area contributed by atoms with Crippen LogP contribution in [0.3, 0.4) is 0 Å². The number of benzene rings is 1. The second kappa shape index (κ2) is 3.70. The van der Waals surface area contributed by atoms with Crippen LogP contribution in [0.5, 0.6) is 0 Å². The van der Waals surface area contributed by atoms with Gasteiger partial charge in [-0.1, -0.05) is 11.6 Å². The van der Waals surface area contributed by atoms with Gasteiger partial charge in [-0.3, -0.25) is 4.79 Å². The van der Waals surface area contributed by atoms with Gasteiger partial charge in [0.2, 0.25) is 0 Å². The van der Waals surface area contributed by atoms with E-state index in [2.05, 4.69) is 0 Å². The monoisotopic (exact) mass is 298 g/mol. The highest BCUT2D eigenvalue weighted by molar-refractivity contribution is 14.1. The van der Waals surface area contributed by atoms with Crippen LogP contribution in [0.2, 0.25) is 5.02 Å². The molecular formula is C8H5ClFIO. The van der Waals surface area contributed by atoms with Crippen molar-refractivity contribution in [3.63, 3.8) is 0 Å². The van der Waals surface area contributed by atoms with Crippen molar-refractivity contribution in [1.29, 1.82) is 0 Å². The fraction of sp³-hybridized carbons (Fsp3) is 0.125. The molecule has 0 aliphatic carbocycles. The number of carbonyl (C=O) groups is 1. The zero-order valence-corrected chi connectivity index (χ0v) is 9.11. The molecule has 1 aromatic rings. The highest BCUT2D eigenvalue weighted by atomic mass is 127. The Balaban J connectivity index is 3.43. The maximum absolute atomic E-state index is 13.2. The molecular weight excluding hydrogens is 293 g/mol. The van der Waals surface area contributed by atoms with Gasteiger partial charge in [0.15, 0.2) is 5.78 Å². The van der Waals surface area contributed by atoms with Crippen LogP contribution in [0.4, 0.5) is 4.39 Å². The van der Waals surface area contributed by atoms with Crippen LogP contribution in [0.15, 0.2) is 12.1 Å². The summed E-state index contributed by atoms with van der Waals surface area (Å²) in [5, 5.41) is 0.167. The third-order valence-electron chi connectivity index (χ3n) is 1.40. The SMILES string of the molecule is CC(=O)c1c(Cl)ccc(I)c1F. The normalized spacial score (nSPS) is 10.0. The number of hydrogen-bond donors (Lipinski definition) is 0. The third-order valence-corrected chi connectivity index (χ3v) is 2.54. The smallest absolute Gasteiger partial charge is 0.164 e. The van der Waals surface area contributed by atoms with Crippen molar-refractivity contribution < 1.29 is 9.18 Å². The Bertz CT molecular complexity index is 338. The van der Waals surface area contributed by atoms with Crippen molar-refractivity contribution in [2.45, 2.75) is 6.92 Å². The molecule has 1 aromatic carbocycles. The molecule has 64 valence electrons. The molecule has 0 fully saturated rings. The molecule has 1 rings (SSSR count). The van der Waals surface area contributed by atoms with Crippen LogP contribution in [0.25, 0.3) is 0 Å². The molecule has 0 radical (unpaired) electrons. The third kappa shape index (κ3) is 1.77. The van der Waals surface area contributed by atoms with Gasteiger partial charge in [-0.15, -0.1) is 0 Å². The maximum atomic E-state index is 13.2. The summed E-state index contributed by atoms with van der Waals surface area (Å²) in [7, 11) is 0. The van der Waals surface area contributed by atoms with E-state index in [9.17, 15) is 9.18 Å². The van der Waals surface area contributed by atoms with Gasteiger partial charge >= 0.3 is 0 Å². The van der Waals surface area contributed by atoms with Crippen molar-refractivity contribution >= 4 is 40.0 Å². The number of halogens is 3. The minimum absolute atomic E-state index is 0.0245. The van der Waals surface area contributed by atoms with Crippen molar-refractivity contribution in [3.8, 4) is 0 Å². The van der Waals surface area contributed by atoms with E-state index in [1.807, 2.05) is 22.6 Å². The number of hydrogen-bond acceptors (Lipinski definition) is 1. The lowest BCUT2D eigenvalue weighted by Crippen LogP contribution is -2.00. The first-order valence-corrected chi connectivity index (χ1v) is 4.64. The minimum atomic E-state index is -0.532. The highest BCUT2D eigenvalue weighted by Crippen LogP contribution is 2.23. The van der Waals surface area contributed by atoms with Crippen LogP contribution in [0, 0.1) is 9.39 Å². The molecule has 0 N–H and O–H groups in total. The second-order valence-electron chi connectivity index (χ2n) is 2.27. The van der Waals surface area contributed by atoms with Crippen LogP contribution >= 0.6 is 34.2 Å². The molecule has 0 aromatic heterocycles. The van der Waals surface area contributed by atoms with Crippen LogP contribution < -0.4 is 0 Å². The Hall–Kier alpha value is -0.160. The van der Waals surface area contributed by atoms with E-state index in [0.717, 1.165) is 0 Å². The Kier molecular flexibility index (Phi) is 3.06. The first-order valence-electron chi connectivity index (χ1n) is 3.18. The van der Waals surface area contributed by atoms with Crippen molar-refractivity contribution in [2.24, 2.45) is 0 Å². The van der Waals surface area contributed by atoms with Gasteiger partial charge in [0.1, 0.15) is 5.82 Å². The molecule has 0 heterocycles. The molecule has 0 spiro atoms. The van der Waals surface area contributed by atoms with E-state index in [-0.39, 0.29) is 16.4 Å². The van der Waals surface area contributed by atoms with Crippen molar-refractivity contribution in [1.82, 2.24) is 0 Å². The van der Waals surface area contributed by atoms with Gasteiger partial charge in [-0.2, -0.15) is 0 Å². The maximum Gasteiger partial charge on any atom is 0.164 e. The van der Waals surface area contributed by atoms with Gasteiger partial charge < -0.3 is 0 Å². The molecule has 0 atom stereocenters. The predicted octanol–water partition coefficient (Wildman–Crippen LogP) is 3.29. The average molecular weight is 298 g/mol. The standard InChI is InChI=1S/C8H5ClFIO/c1-4(12)7-5(9)2-3-6(11)8(7)10/h2-3H,1H3. The fourth-order valence-corrected chi connectivity index (χ4v) is 1.58. The van der Waals surface area contributed by atoms with E-state index >= 15 is 0 Å². The zero-order chi connectivity index (χ0) is 9.30. The molecule has 1 nitrogen and oxygen atoms in total. The Morgan fingerprint density at radius 3 is 2.58 bits per heavy atom. The molecule has 0 saturated carbocycles. The molecule has 0 aliphatic heterocycles. The summed E-state index contributed by atoms with van der Waals surface area (Å²) in [6.45, 7) is 1.29. The van der Waals surface area contributed by atoms with Gasteiger partial charge in [-0.05, 0) is 41.6 Å². The average Bonchev–Trinajstić information content (AvgIpc) is 1.97. The van der Waals surface area contributed by atoms with Gasteiger partial charge in [0.25, 0.3) is 0 Å². The van der Waals surface area contributed by atoms with Gasteiger partial charge in [-0.25, -0.2) is 4.39 Å². The van der Waals surface area contributed by atoms with E-state index in [0.29, 0.717) is 3.57 Å². The summed E-state index contributed by atoms with van der Waals surface area (Å²) < 4.78 is 13.6. The van der Waals surface area contributed by atoms with E-state index < -0.39 is 5.82 Å². The lowest BCUT2D eigenvalue weighted by atomic mass is 10.1. The van der Waals surface area contributed by atoms with Crippen LogP contribution in [0.1, 0.15) is 17.3 Å². The number of rotatable bonds is 1. The van der Waals surface area contributed by atoms with Crippen LogP contribution in [-0.2, 0) is 0 Å². The summed E-state index contributed by atoms with van der Waals surface area (Å²) in [6, 6.07) is 3.05. The zero-order valence-electron chi connectivity index (χ0n) is 6.20. The number of carbonyl (C=O) groups excluding carboxylic acids is 1. The van der Waals surface area contributed by atoms with Crippen molar-refractivity contribution in [3.05, 3.63) is 32.1 Å². The Morgan fingerprint density at radius 1 is 1.58 bits per heavy atom. The molecule has 0 unspecified atom stereocenters. The highest BCUT2D eigenvalue weighted by Gasteiger charge is 2.14. The van der Waals surface area contributed by atoms with Crippen molar-refractivity contribution in [2.75, 3.05) is 0 Å². The largest absolute Gasteiger partial charge is 0.294 e. The van der Waals surface area contributed by atoms with Gasteiger partial charge in [0.05, 0.1) is 10.6 Å². The summed E-state index contributed by atoms with van der Waals surface area (Å²) in [5.74, 6) is -0.883. The molecule has 0 aliphatic rings. The predicted molar refractivity (Wildman–Crippen MR) is 54.1 cm³/mol. The lowest BCUT2D eigenvalue weighted by molar-refractivity contribution is 0.101. The number of ketones is 1. The molecule has 0 amide bonds. The van der Waals surface area contributed by atoms with E-state index in [4.69, 9.17) is 11.6 Å². The fourth-order valence-electron chi connectivity index (χ4n) is 0.850. The summed E-state index contributed by atoms with van der Waals surface area (Å²) in [4.78, 5) is 10.9. The number of Topliss-reactive ketones (excluding diaryl/α,β-unsaturated/α-hetero) is 1. The summed E-state index contributed by atoms with van der Waals surface area (Å²) >= 11 is 7.45.